The molecule has 0 amide bonds. The summed E-state index contributed by atoms with van der Waals surface area (Å²) >= 11 is 0. The standard InChI is InChI=1S/C13H21N7/c1-8(2)13-16-11(5-12(17-13)18-14)15-6-10-7-20(4)19-9(10)3/h5,7-8H,6,14H2,1-4H3,(H2,15,16,17,18). The van der Waals surface area contributed by atoms with Gasteiger partial charge >= 0.3 is 0 Å². The van der Waals surface area contributed by atoms with E-state index in [1.54, 1.807) is 10.7 Å². The molecule has 0 aromatic carbocycles. The molecule has 0 spiro atoms. The molecule has 2 aromatic heterocycles. The molecule has 0 radical (unpaired) electrons. The van der Waals surface area contributed by atoms with Crippen LogP contribution in [0.4, 0.5) is 11.6 Å². The lowest BCUT2D eigenvalue weighted by atomic mass is 10.2. The summed E-state index contributed by atoms with van der Waals surface area (Å²) in [6.45, 7) is 6.75. The average molecular weight is 275 g/mol. The maximum Gasteiger partial charge on any atom is 0.145 e. The van der Waals surface area contributed by atoms with Gasteiger partial charge in [0.2, 0.25) is 0 Å². The van der Waals surface area contributed by atoms with E-state index in [1.165, 1.54) is 0 Å². The van der Waals surface area contributed by atoms with Gasteiger partial charge in [0.25, 0.3) is 0 Å². The summed E-state index contributed by atoms with van der Waals surface area (Å²) < 4.78 is 1.80. The van der Waals surface area contributed by atoms with E-state index in [4.69, 9.17) is 5.84 Å². The molecule has 0 atom stereocenters. The molecule has 20 heavy (non-hydrogen) atoms. The molecule has 0 saturated heterocycles. The van der Waals surface area contributed by atoms with Gasteiger partial charge in [0.15, 0.2) is 0 Å². The number of aryl methyl sites for hydroxylation is 2. The van der Waals surface area contributed by atoms with Crippen molar-refractivity contribution in [3.8, 4) is 0 Å². The number of hydrogen-bond acceptors (Lipinski definition) is 6. The number of aromatic nitrogens is 4. The molecule has 7 nitrogen and oxygen atoms in total. The molecule has 2 heterocycles. The van der Waals surface area contributed by atoms with Gasteiger partial charge in [-0.1, -0.05) is 13.8 Å². The average Bonchev–Trinajstić information content (AvgIpc) is 2.74. The van der Waals surface area contributed by atoms with Crippen LogP contribution in [0.5, 0.6) is 0 Å². The van der Waals surface area contributed by atoms with E-state index >= 15 is 0 Å². The van der Waals surface area contributed by atoms with Crippen molar-refractivity contribution in [1.82, 2.24) is 19.7 Å². The van der Waals surface area contributed by atoms with Crippen LogP contribution in [0.2, 0.25) is 0 Å². The lowest BCUT2D eigenvalue weighted by Gasteiger charge is -2.11. The summed E-state index contributed by atoms with van der Waals surface area (Å²) in [5, 5.41) is 7.60. The van der Waals surface area contributed by atoms with Crippen molar-refractivity contribution in [2.24, 2.45) is 12.9 Å². The molecule has 108 valence electrons. The van der Waals surface area contributed by atoms with Crippen molar-refractivity contribution in [3.05, 3.63) is 29.3 Å². The number of hydrazine groups is 1. The molecule has 0 aliphatic carbocycles. The predicted molar refractivity (Wildman–Crippen MR) is 79.2 cm³/mol. The zero-order valence-electron chi connectivity index (χ0n) is 12.3. The minimum absolute atomic E-state index is 0.240. The van der Waals surface area contributed by atoms with Gasteiger partial charge in [0.1, 0.15) is 17.5 Å². The summed E-state index contributed by atoms with van der Waals surface area (Å²) in [7, 11) is 1.91. The number of rotatable bonds is 5. The fraction of sp³-hybridized carbons (Fsp3) is 0.462. The van der Waals surface area contributed by atoms with Crippen LogP contribution < -0.4 is 16.6 Å². The van der Waals surface area contributed by atoms with Gasteiger partial charge in [-0.3, -0.25) is 4.68 Å². The van der Waals surface area contributed by atoms with Crippen molar-refractivity contribution in [3.63, 3.8) is 0 Å². The zero-order valence-corrected chi connectivity index (χ0v) is 12.3. The second kappa shape index (κ2) is 5.87. The summed E-state index contributed by atoms with van der Waals surface area (Å²) in [5.74, 6) is 7.79. The van der Waals surface area contributed by atoms with Crippen molar-refractivity contribution in [2.75, 3.05) is 10.7 Å². The first-order valence-electron chi connectivity index (χ1n) is 6.58. The van der Waals surface area contributed by atoms with E-state index in [-0.39, 0.29) is 5.92 Å². The van der Waals surface area contributed by atoms with Gasteiger partial charge in [0.05, 0.1) is 5.69 Å². The van der Waals surface area contributed by atoms with Crippen LogP contribution in [-0.4, -0.2) is 19.7 Å². The number of hydrogen-bond donors (Lipinski definition) is 3. The third-order valence-corrected chi connectivity index (χ3v) is 2.98. The van der Waals surface area contributed by atoms with E-state index in [9.17, 15) is 0 Å². The molecule has 4 N–H and O–H groups in total. The van der Waals surface area contributed by atoms with Gasteiger partial charge in [-0.25, -0.2) is 15.8 Å². The maximum atomic E-state index is 5.44. The Kier molecular flexibility index (Phi) is 4.19. The molecule has 0 bridgehead atoms. The maximum absolute atomic E-state index is 5.44. The topological polar surface area (TPSA) is 93.7 Å². The monoisotopic (exact) mass is 275 g/mol. The first-order chi connectivity index (χ1) is 9.49. The van der Waals surface area contributed by atoms with Crippen LogP contribution in [0.25, 0.3) is 0 Å². The molecule has 2 rings (SSSR count). The molecule has 0 fully saturated rings. The highest BCUT2D eigenvalue weighted by Crippen LogP contribution is 2.17. The van der Waals surface area contributed by atoms with Crippen LogP contribution in [0, 0.1) is 6.92 Å². The predicted octanol–water partition coefficient (Wildman–Crippen LogP) is 1.54. The molecule has 0 aliphatic heterocycles. The van der Waals surface area contributed by atoms with Crippen LogP contribution in [0.3, 0.4) is 0 Å². The third kappa shape index (κ3) is 3.24. The van der Waals surface area contributed by atoms with Crippen molar-refractivity contribution >= 4 is 11.6 Å². The molecule has 0 aliphatic rings. The first-order valence-corrected chi connectivity index (χ1v) is 6.58. The van der Waals surface area contributed by atoms with E-state index < -0.39 is 0 Å². The molecule has 0 saturated carbocycles. The highest BCUT2D eigenvalue weighted by atomic mass is 15.3. The molecule has 2 aromatic rings. The third-order valence-electron chi connectivity index (χ3n) is 2.98. The molecular weight excluding hydrogens is 254 g/mol. The Labute approximate surface area is 118 Å². The fourth-order valence-corrected chi connectivity index (χ4v) is 1.90. The lowest BCUT2D eigenvalue weighted by molar-refractivity contribution is 0.756. The summed E-state index contributed by atoms with van der Waals surface area (Å²) in [6, 6.07) is 1.79. The summed E-state index contributed by atoms with van der Waals surface area (Å²) in [5.41, 5.74) is 4.72. The first kappa shape index (κ1) is 14.3. The fourth-order valence-electron chi connectivity index (χ4n) is 1.90. The largest absolute Gasteiger partial charge is 0.366 e. The number of nitrogens with two attached hydrogens (primary N) is 1. The Balaban J connectivity index is 2.16. The quantitative estimate of drug-likeness (QED) is 0.566. The van der Waals surface area contributed by atoms with Crippen LogP contribution in [-0.2, 0) is 13.6 Å². The second-order valence-corrected chi connectivity index (χ2v) is 5.06. The molecule has 7 heteroatoms. The Morgan fingerprint density at radius 2 is 2.00 bits per heavy atom. The minimum Gasteiger partial charge on any atom is -0.366 e. The number of nitrogens with zero attached hydrogens (tertiary/aromatic N) is 4. The SMILES string of the molecule is Cc1nn(C)cc1CNc1cc(NN)nc(C(C)C)n1. The Bertz CT molecular complexity index is 588. The minimum atomic E-state index is 0.240. The van der Waals surface area contributed by atoms with Gasteiger partial charge in [0, 0.05) is 37.3 Å². The summed E-state index contributed by atoms with van der Waals surface area (Å²) in [4.78, 5) is 8.81. The lowest BCUT2D eigenvalue weighted by Crippen LogP contribution is -2.13. The molecular formula is C13H21N7. The van der Waals surface area contributed by atoms with Crippen LogP contribution >= 0.6 is 0 Å². The number of anilines is 2. The van der Waals surface area contributed by atoms with E-state index in [2.05, 4.69) is 25.8 Å². The number of nitrogen functional groups attached to an aromatic ring is 1. The molecule has 0 unspecified atom stereocenters. The Morgan fingerprint density at radius 3 is 2.55 bits per heavy atom. The normalized spacial score (nSPS) is 10.9. The van der Waals surface area contributed by atoms with E-state index in [0.717, 1.165) is 22.9 Å². The van der Waals surface area contributed by atoms with Crippen LogP contribution in [0.15, 0.2) is 12.3 Å². The smallest absolute Gasteiger partial charge is 0.145 e. The number of nitrogens with one attached hydrogen (secondary N) is 2. The highest BCUT2D eigenvalue weighted by molar-refractivity contribution is 5.47. The van der Waals surface area contributed by atoms with Crippen LogP contribution in [0.1, 0.15) is 36.8 Å². The van der Waals surface area contributed by atoms with E-state index in [0.29, 0.717) is 12.4 Å². The Morgan fingerprint density at radius 1 is 1.30 bits per heavy atom. The van der Waals surface area contributed by atoms with Gasteiger partial charge in [-0.05, 0) is 6.92 Å². The van der Waals surface area contributed by atoms with Gasteiger partial charge < -0.3 is 10.7 Å². The zero-order chi connectivity index (χ0) is 14.7. The van der Waals surface area contributed by atoms with Gasteiger partial charge in [-0.15, -0.1) is 0 Å². The highest BCUT2D eigenvalue weighted by Gasteiger charge is 2.08. The Hall–Kier alpha value is -2.15. The van der Waals surface area contributed by atoms with E-state index in [1.807, 2.05) is 34.0 Å². The van der Waals surface area contributed by atoms with Crippen molar-refractivity contribution in [1.29, 1.82) is 0 Å². The summed E-state index contributed by atoms with van der Waals surface area (Å²) in [6.07, 6.45) is 2.00. The van der Waals surface area contributed by atoms with Crippen molar-refractivity contribution in [2.45, 2.75) is 33.2 Å². The van der Waals surface area contributed by atoms with Gasteiger partial charge in [-0.2, -0.15) is 5.10 Å². The van der Waals surface area contributed by atoms with Crippen molar-refractivity contribution < 1.29 is 0 Å². The second-order valence-electron chi connectivity index (χ2n) is 5.06.